The van der Waals surface area contributed by atoms with Crippen molar-refractivity contribution in [3.63, 3.8) is 0 Å². The van der Waals surface area contributed by atoms with E-state index in [0.717, 1.165) is 5.56 Å². The molecular formula is C24H19ClN2O5S. The molecule has 0 radical (unpaired) electrons. The summed E-state index contributed by atoms with van der Waals surface area (Å²) >= 11 is 7.68. The third-order valence-electron chi connectivity index (χ3n) is 5.07. The number of benzene rings is 2. The van der Waals surface area contributed by atoms with Gasteiger partial charge in [-0.1, -0.05) is 53.3 Å². The Bertz CT molecular complexity index is 1470. The smallest absolute Gasteiger partial charge is 0.338 e. The molecule has 0 fully saturated rings. The van der Waals surface area contributed by atoms with Crippen LogP contribution in [0.25, 0.3) is 6.08 Å². The van der Waals surface area contributed by atoms with Crippen LogP contribution in [0.1, 0.15) is 31.0 Å². The van der Waals surface area contributed by atoms with Gasteiger partial charge in [0.25, 0.3) is 5.56 Å². The maximum absolute atomic E-state index is 13.5. The number of rotatable bonds is 4. The molecule has 0 N–H and O–H groups in total. The number of allylic oxidation sites excluding steroid dienone is 1. The van der Waals surface area contributed by atoms with Crippen LogP contribution >= 0.6 is 22.9 Å². The predicted molar refractivity (Wildman–Crippen MR) is 125 cm³/mol. The molecule has 2 aromatic carbocycles. The third kappa shape index (κ3) is 4.40. The number of ether oxygens (including phenoxy) is 2. The highest BCUT2D eigenvalue weighted by Gasteiger charge is 2.34. The Morgan fingerprint density at radius 3 is 2.48 bits per heavy atom. The lowest BCUT2D eigenvalue weighted by Crippen LogP contribution is -2.39. The molecule has 168 valence electrons. The molecule has 1 atom stereocenters. The number of carbonyl (C=O) groups excluding carboxylic acids is 2. The topological polar surface area (TPSA) is 87.0 Å². The van der Waals surface area contributed by atoms with Crippen LogP contribution in [-0.4, -0.2) is 23.6 Å². The Morgan fingerprint density at radius 2 is 1.85 bits per heavy atom. The highest BCUT2D eigenvalue weighted by Crippen LogP contribution is 2.34. The molecule has 33 heavy (non-hydrogen) atoms. The molecule has 1 aliphatic heterocycles. The summed E-state index contributed by atoms with van der Waals surface area (Å²) in [6.45, 7) is 3.04. The van der Waals surface area contributed by atoms with Crippen LogP contribution in [0.4, 0.5) is 0 Å². The monoisotopic (exact) mass is 482 g/mol. The number of thiazole rings is 1. The van der Waals surface area contributed by atoms with Gasteiger partial charge in [0.05, 0.1) is 22.9 Å². The Morgan fingerprint density at radius 1 is 1.15 bits per heavy atom. The van der Waals surface area contributed by atoms with E-state index in [4.69, 9.17) is 21.1 Å². The summed E-state index contributed by atoms with van der Waals surface area (Å²) in [5.74, 6) is -0.568. The van der Waals surface area contributed by atoms with Gasteiger partial charge in [0.1, 0.15) is 11.8 Å². The van der Waals surface area contributed by atoms with Crippen molar-refractivity contribution in [1.82, 2.24) is 4.57 Å². The van der Waals surface area contributed by atoms with Crippen LogP contribution in [0.5, 0.6) is 5.75 Å². The summed E-state index contributed by atoms with van der Waals surface area (Å²) in [7, 11) is 1.29. The van der Waals surface area contributed by atoms with Crippen LogP contribution < -0.4 is 19.6 Å². The minimum atomic E-state index is -0.768. The van der Waals surface area contributed by atoms with Gasteiger partial charge < -0.3 is 9.47 Å². The molecular weight excluding hydrogens is 464 g/mol. The first-order chi connectivity index (χ1) is 15.8. The van der Waals surface area contributed by atoms with E-state index in [1.54, 1.807) is 61.5 Å². The lowest BCUT2D eigenvalue weighted by molar-refractivity contribution is -0.136. The Hall–Kier alpha value is -3.49. The van der Waals surface area contributed by atoms with Gasteiger partial charge in [-0.2, -0.15) is 0 Å². The minimum absolute atomic E-state index is 0.260. The van der Waals surface area contributed by atoms with Crippen molar-refractivity contribution in [3.05, 3.63) is 95.6 Å². The van der Waals surface area contributed by atoms with E-state index in [0.29, 0.717) is 31.4 Å². The van der Waals surface area contributed by atoms with Gasteiger partial charge in [0, 0.05) is 11.9 Å². The second kappa shape index (κ2) is 9.17. The Balaban J connectivity index is 1.89. The number of halogens is 1. The van der Waals surface area contributed by atoms with E-state index in [1.165, 1.54) is 29.9 Å². The molecule has 9 heteroatoms. The van der Waals surface area contributed by atoms with Gasteiger partial charge in [-0.05, 0) is 42.3 Å². The third-order valence-corrected chi connectivity index (χ3v) is 6.39. The van der Waals surface area contributed by atoms with Gasteiger partial charge in [-0.15, -0.1) is 0 Å². The number of carbonyl (C=O) groups is 2. The van der Waals surface area contributed by atoms with E-state index in [2.05, 4.69) is 4.99 Å². The fourth-order valence-corrected chi connectivity index (χ4v) is 4.92. The van der Waals surface area contributed by atoms with Gasteiger partial charge in [-0.3, -0.25) is 14.2 Å². The zero-order valence-electron chi connectivity index (χ0n) is 18.0. The number of hydrogen-bond donors (Lipinski definition) is 0. The van der Waals surface area contributed by atoms with Crippen molar-refractivity contribution in [1.29, 1.82) is 0 Å². The number of aromatic nitrogens is 1. The highest BCUT2D eigenvalue weighted by atomic mass is 35.5. The zero-order valence-corrected chi connectivity index (χ0v) is 19.6. The summed E-state index contributed by atoms with van der Waals surface area (Å²) in [6, 6.07) is 13.1. The summed E-state index contributed by atoms with van der Waals surface area (Å²) in [5.41, 5.74) is 1.77. The van der Waals surface area contributed by atoms with Crippen molar-refractivity contribution in [2.24, 2.45) is 4.99 Å². The van der Waals surface area contributed by atoms with E-state index in [9.17, 15) is 14.4 Å². The van der Waals surface area contributed by atoms with E-state index < -0.39 is 18.0 Å². The maximum atomic E-state index is 13.5. The van der Waals surface area contributed by atoms with E-state index in [-0.39, 0.29) is 11.1 Å². The van der Waals surface area contributed by atoms with Crippen molar-refractivity contribution in [3.8, 4) is 5.75 Å². The van der Waals surface area contributed by atoms with Crippen LogP contribution in [0, 0.1) is 0 Å². The fourth-order valence-electron chi connectivity index (χ4n) is 3.63. The molecule has 1 aliphatic rings. The zero-order chi connectivity index (χ0) is 23.7. The SMILES string of the molecule is COC(=O)C1=C(C)N=c2s/c(=C/c3ccc(OC(C)=O)cc3)c(=O)n2C1c1ccccc1Cl. The van der Waals surface area contributed by atoms with Crippen molar-refractivity contribution in [2.45, 2.75) is 19.9 Å². The quantitative estimate of drug-likeness (QED) is 0.421. The second-order valence-electron chi connectivity index (χ2n) is 7.26. The molecule has 0 saturated heterocycles. The van der Waals surface area contributed by atoms with Crippen molar-refractivity contribution < 1.29 is 19.1 Å². The molecule has 7 nitrogen and oxygen atoms in total. The van der Waals surface area contributed by atoms with E-state index in [1.807, 2.05) is 0 Å². The van der Waals surface area contributed by atoms with Crippen molar-refractivity contribution >= 4 is 41.0 Å². The number of fused-ring (bicyclic) bond motifs is 1. The predicted octanol–water partition coefficient (Wildman–Crippen LogP) is 2.99. The van der Waals surface area contributed by atoms with Gasteiger partial charge in [0.15, 0.2) is 4.80 Å². The molecule has 0 amide bonds. The molecule has 0 saturated carbocycles. The summed E-state index contributed by atoms with van der Waals surface area (Å²) in [4.78, 5) is 42.2. The number of esters is 2. The van der Waals surface area contributed by atoms with Crippen molar-refractivity contribution in [2.75, 3.05) is 7.11 Å². The standard InChI is InChI=1S/C24H19ClN2O5S/c1-13-20(23(30)31-3)21(17-6-4-5-7-18(17)25)27-22(29)19(33-24(27)26-13)12-15-8-10-16(11-9-15)32-14(2)28/h4-12,21H,1-3H3/b19-12+. The summed E-state index contributed by atoms with van der Waals surface area (Å²) < 4.78 is 12.0. The average molecular weight is 483 g/mol. The molecule has 3 aromatic rings. The lowest BCUT2D eigenvalue weighted by atomic mass is 9.96. The fraction of sp³-hybridized carbons (Fsp3) is 0.167. The number of hydrogen-bond acceptors (Lipinski definition) is 7. The summed E-state index contributed by atoms with van der Waals surface area (Å²) in [5, 5.41) is 0.425. The largest absolute Gasteiger partial charge is 0.466 e. The Kier molecular flexibility index (Phi) is 6.31. The van der Waals surface area contributed by atoms with Crippen LogP contribution in [0.2, 0.25) is 5.02 Å². The minimum Gasteiger partial charge on any atom is -0.466 e. The lowest BCUT2D eigenvalue weighted by Gasteiger charge is -2.25. The molecule has 4 rings (SSSR count). The van der Waals surface area contributed by atoms with Gasteiger partial charge in [0.2, 0.25) is 0 Å². The first-order valence-electron chi connectivity index (χ1n) is 9.94. The first kappa shape index (κ1) is 22.7. The summed E-state index contributed by atoms with van der Waals surface area (Å²) in [6.07, 6.45) is 1.72. The molecule has 0 bridgehead atoms. The Labute approximate surface area is 197 Å². The van der Waals surface area contributed by atoms with Crippen LogP contribution in [0.3, 0.4) is 0 Å². The molecule has 0 spiro atoms. The van der Waals surface area contributed by atoms with Gasteiger partial charge >= 0.3 is 11.9 Å². The number of nitrogens with zero attached hydrogens (tertiary/aromatic N) is 2. The van der Waals surface area contributed by atoms with E-state index >= 15 is 0 Å². The first-order valence-corrected chi connectivity index (χ1v) is 11.1. The molecule has 1 aromatic heterocycles. The molecule has 1 unspecified atom stereocenters. The maximum Gasteiger partial charge on any atom is 0.338 e. The van der Waals surface area contributed by atoms with Crippen LogP contribution in [-0.2, 0) is 14.3 Å². The van der Waals surface area contributed by atoms with Gasteiger partial charge in [-0.25, -0.2) is 9.79 Å². The number of methoxy groups -OCH3 is 1. The second-order valence-corrected chi connectivity index (χ2v) is 8.67. The molecule has 0 aliphatic carbocycles. The normalized spacial score (nSPS) is 15.6. The average Bonchev–Trinajstić information content (AvgIpc) is 3.08. The highest BCUT2D eigenvalue weighted by molar-refractivity contribution is 7.07. The molecule has 2 heterocycles. The van der Waals surface area contributed by atoms with Crippen LogP contribution in [0.15, 0.2) is 69.6 Å².